The summed E-state index contributed by atoms with van der Waals surface area (Å²) >= 11 is 6.83. The summed E-state index contributed by atoms with van der Waals surface area (Å²) in [5.41, 5.74) is 4.50. The monoisotopic (exact) mass is 334 g/mol. The van der Waals surface area contributed by atoms with Crippen LogP contribution < -0.4 is 0 Å². The third kappa shape index (κ3) is 2.56. The topological polar surface area (TPSA) is 20.2 Å². The van der Waals surface area contributed by atoms with Gasteiger partial charge in [-0.25, -0.2) is 0 Å². The van der Waals surface area contributed by atoms with E-state index in [1.807, 2.05) is 0 Å². The molecule has 0 bridgehead atoms. The number of rotatable bonds is 3. The largest absolute Gasteiger partial charge is 0.507 e. The van der Waals surface area contributed by atoms with Crippen LogP contribution in [0, 0.1) is 6.92 Å². The quantitative estimate of drug-likeness (QED) is 0.799. The number of benzene rings is 1. The molecule has 0 aliphatic carbocycles. The van der Waals surface area contributed by atoms with Crippen molar-refractivity contribution in [2.24, 2.45) is 0 Å². The fourth-order valence-electron chi connectivity index (χ4n) is 1.78. The maximum absolute atomic E-state index is 10.0. The molecule has 0 unspecified atom stereocenters. The lowest BCUT2D eigenvalue weighted by Gasteiger charge is -2.17. The van der Waals surface area contributed by atoms with Crippen LogP contribution in [0.2, 0.25) is 0 Å². The number of aromatic hydroxyl groups is 1. The SMILES string of the molecule is Cc1c(C(C)C)cc(CBr)c(O)c1CBr. The van der Waals surface area contributed by atoms with E-state index in [0.717, 1.165) is 11.1 Å². The fraction of sp³-hybridized carbons (Fsp3) is 0.500. The summed E-state index contributed by atoms with van der Waals surface area (Å²) in [7, 11) is 0. The summed E-state index contributed by atoms with van der Waals surface area (Å²) in [4.78, 5) is 0. The predicted molar refractivity (Wildman–Crippen MR) is 72.2 cm³/mol. The molecule has 0 saturated carbocycles. The van der Waals surface area contributed by atoms with Crippen molar-refractivity contribution in [1.82, 2.24) is 0 Å². The van der Waals surface area contributed by atoms with E-state index in [9.17, 15) is 5.11 Å². The molecule has 0 aromatic heterocycles. The van der Waals surface area contributed by atoms with E-state index in [2.05, 4.69) is 58.7 Å². The van der Waals surface area contributed by atoms with Gasteiger partial charge in [0.15, 0.2) is 0 Å². The van der Waals surface area contributed by atoms with E-state index < -0.39 is 0 Å². The molecule has 84 valence electrons. The lowest BCUT2D eigenvalue weighted by molar-refractivity contribution is 0.465. The molecule has 1 nitrogen and oxygen atoms in total. The lowest BCUT2D eigenvalue weighted by Crippen LogP contribution is -1.99. The number of alkyl halides is 2. The highest BCUT2D eigenvalue weighted by molar-refractivity contribution is 9.08. The minimum absolute atomic E-state index is 0.422. The normalized spacial score (nSPS) is 11.1. The molecular formula is C12H16Br2O. The second-order valence-corrected chi connectivity index (χ2v) is 5.12. The summed E-state index contributed by atoms with van der Waals surface area (Å²) < 4.78 is 0. The first-order valence-electron chi connectivity index (χ1n) is 4.99. The van der Waals surface area contributed by atoms with Gasteiger partial charge in [-0.15, -0.1) is 0 Å². The van der Waals surface area contributed by atoms with Crippen LogP contribution in [-0.2, 0) is 10.7 Å². The van der Waals surface area contributed by atoms with Crippen molar-refractivity contribution < 1.29 is 5.11 Å². The Balaban J connectivity index is 3.44. The highest BCUT2D eigenvalue weighted by Crippen LogP contribution is 2.34. The van der Waals surface area contributed by atoms with Crippen molar-refractivity contribution >= 4 is 31.9 Å². The second-order valence-electron chi connectivity index (χ2n) is 4.00. The predicted octanol–water partition coefficient (Wildman–Crippen LogP) is 4.61. The Morgan fingerprint density at radius 1 is 1.27 bits per heavy atom. The van der Waals surface area contributed by atoms with Crippen molar-refractivity contribution in [3.8, 4) is 5.75 Å². The van der Waals surface area contributed by atoms with Crippen molar-refractivity contribution in [2.45, 2.75) is 37.3 Å². The van der Waals surface area contributed by atoms with Gasteiger partial charge in [-0.3, -0.25) is 0 Å². The molecule has 3 heteroatoms. The highest BCUT2D eigenvalue weighted by Gasteiger charge is 2.14. The summed E-state index contributed by atoms with van der Waals surface area (Å²) in [5.74, 6) is 0.909. The van der Waals surface area contributed by atoms with Gasteiger partial charge in [0, 0.05) is 21.8 Å². The number of halogens is 2. The van der Waals surface area contributed by atoms with Gasteiger partial charge >= 0.3 is 0 Å². The zero-order valence-corrected chi connectivity index (χ0v) is 12.4. The molecule has 0 aliphatic rings. The fourth-order valence-corrected chi connectivity index (χ4v) is 2.89. The van der Waals surface area contributed by atoms with Gasteiger partial charge in [0.1, 0.15) is 5.75 Å². The van der Waals surface area contributed by atoms with Gasteiger partial charge in [0.2, 0.25) is 0 Å². The molecule has 0 saturated heterocycles. The van der Waals surface area contributed by atoms with Crippen LogP contribution in [0.5, 0.6) is 5.75 Å². The van der Waals surface area contributed by atoms with E-state index in [1.54, 1.807) is 0 Å². The Hall–Kier alpha value is -0.0200. The van der Waals surface area contributed by atoms with Gasteiger partial charge < -0.3 is 5.11 Å². The first-order valence-corrected chi connectivity index (χ1v) is 7.23. The molecule has 1 N–H and O–H groups in total. The van der Waals surface area contributed by atoms with Crippen molar-refractivity contribution in [3.05, 3.63) is 28.3 Å². The Morgan fingerprint density at radius 2 is 1.87 bits per heavy atom. The Bertz CT molecular complexity index is 359. The van der Waals surface area contributed by atoms with Crippen LogP contribution in [0.1, 0.15) is 42.0 Å². The van der Waals surface area contributed by atoms with Gasteiger partial charge in [0.05, 0.1) is 0 Å². The molecule has 1 aromatic rings. The van der Waals surface area contributed by atoms with Crippen molar-refractivity contribution in [3.63, 3.8) is 0 Å². The summed E-state index contributed by atoms with van der Waals surface area (Å²) in [6.45, 7) is 6.43. The molecule has 0 atom stereocenters. The van der Waals surface area contributed by atoms with Crippen molar-refractivity contribution in [1.29, 1.82) is 0 Å². The van der Waals surface area contributed by atoms with E-state index in [-0.39, 0.29) is 0 Å². The third-order valence-corrected chi connectivity index (χ3v) is 3.87. The Kier molecular flexibility index (Phi) is 4.65. The van der Waals surface area contributed by atoms with Gasteiger partial charge in [-0.05, 0) is 24.0 Å². The molecule has 0 fully saturated rings. The number of hydrogen-bond donors (Lipinski definition) is 1. The molecular weight excluding hydrogens is 320 g/mol. The van der Waals surface area contributed by atoms with E-state index in [0.29, 0.717) is 22.3 Å². The molecule has 15 heavy (non-hydrogen) atoms. The lowest BCUT2D eigenvalue weighted by atomic mass is 9.92. The summed E-state index contributed by atoms with van der Waals surface area (Å²) in [6.07, 6.45) is 0. The minimum atomic E-state index is 0.422. The second kappa shape index (κ2) is 5.35. The van der Waals surface area contributed by atoms with Crippen molar-refractivity contribution in [2.75, 3.05) is 0 Å². The van der Waals surface area contributed by atoms with Gasteiger partial charge in [-0.2, -0.15) is 0 Å². The number of phenolic OH excluding ortho intramolecular Hbond substituents is 1. The minimum Gasteiger partial charge on any atom is -0.507 e. The summed E-state index contributed by atoms with van der Waals surface area (Å²) in [6, 6.07) is 2.09. The third-order valence-electron chi connectivity index (χ3n) is 2.71. The van der Waals surface area contributed by atoms with E-state index in [4.69, 9.17) is 0 Å². The maximum Gasteiger partial charge on any atom is 0.123 e. The zero-order chi connectivity index (χ0) is 11.6. The van der Waals surface area contributed by atoms with Crippen LogP contribution in [0.15, 0.2) is 6.07 Å². The molecule has 1 aromatic carbocycles. The van der Waals surface area contributed by atoms with Crippen LogP contribution in [0.4, 0.5) is 0 Å². The Morgan fingerprint density at radius 3 is 2.27 bits per heavy atom. The standard InChI is InChI=1S/C12H16Br2O/c1-7(2)10-4-9(5-13)12(15)11(6-14)8(10)3/h4,7,15H,5-6H2,1-3H3. The molecule has 0 radical (unpaired) electrons. The maximum atomic E-state index is 10.0. The summed E-state index contributed by atoms with van der Waals surface area (Å²) in [5, 5.41) is 11.4. The molecule has 1 rings (SSSR count). The number of phenols is 1. The molecule has 0 heterocycles. The van der Waals surface area contributed by atoms with Crippen LogP contribution in [0.25, 0.3) is 0 Å². The van der Waals surface area contributed by atoms with Gasteiger partial charge in [-0.1, -0.05) is 51.8 Å². The smallest absolute Gasteiger partial charge is 0.123 e. The Labute approximate surface area is 108 Å². The number of hydrogen-bond acceptors (Lipinski definition) is 1. The average molecular weight is 336 g/mol. The first kappa shape index (κ1) is 13.0. The zero-order valence-electron chi connectivity index (χ0n) is 9.27. The molecule has 0 aliphatic heterocycles. The molecule has 0 amide bonds. The van der Waals surface area contributed by atoms with Crippen LogP contribution in [-0.4, -0.2) is 5.11 Å². The highest BCUT2D eigenvalue weighted by atomic mass is 79.9. The molecule has 0 spiro atoms. The van der Waals surface area contributed by atoms with E-state index in [1.165, 1.54) is 11.1 Å². The van der Waals surface area contributed by atoms with Gasteiger partial charge in [0.25, 0.3) is 0 Å². The van der Waals surface area contributed by atoms with Crippen LogP contribution >= 0.6 is 31.9 Å². The van der Waals surface area contributed by atoms with E-state index >= 15 is 0 Å². The van der Waals surface area contributed by atoms with Crippen LogP contribution in [0.3, 0.4) is 0 Å². The average Bonchev–Trinajstić information content (AvgIpc) is 2.18. The first-order chi connectivity index (χ1) is 7.02.